The highest BCUT2D eigenvalue weighted by Crippen LogP contribution is 2.49. The number of likely N-dealkylation sites (tertiary alicyclic amines) is 1. The van der Waals surface area contributed by atoms with Gasteiger partial charge in [0.15, 0.2) is 0 Å². The topological polar surface area (TPSA) is 15.6 Å². The third-order valence-corrected chi connectivity index (χ3v) is 6.87. The molecule has 1 heterocycles. The molecule has 4 aromatic rings. The summed E-state index contributed by atoms with van der Waals surface area (Å²) < 4.78 is 0. The number of likely N-dealkylation sites (N-methyl/N-ethyl adjacent to an activating group) is 1. The normalized spacial score (nSPS) is 23.5. The second-order valence-corrected chi connectivity index (χ2v) is 8.88. The van der Waals surface area contributed by atoms with Gasteiger partial charge in [0.1, 0.15) is 0 Å². The van der Waals surface area contributed by atoms with Gasteiger partial charge in [-0.1, -0.05) is 121 Å². The molecule has 2 nitrogen and oxygen atoms in total. The fourth-order valence-electron chi connectivity index (χ4n) is 5.29. The van der Waals surface area contributed by atoms with Crippen LogP contribution in [0.5, 0.6) is 0 Å². The van der Waals surface area contributed by atoms with E-state index in [2.05, 4.69) is 139 Å². The lowest BCUT2D eigenvalue weighted by Gasteiger charge is -2.48. The van der Waals surface area contributed by atoms with Crippen LogP contribution in [0.1, 0.15) is 46.7 Å². The van der Waals surface area contributed by atoms with Crippen molar-refractivity contribution in [3.05, 3.63) is 144 Å². The zero-order valence-corrected chi connectivity index (χ0v) is 19.0. The standard InChI is InChI=1S/C31H30N2/c1-33-29(25-16-8-3-9-17-25)22-28(32-23-24-14-6-2-7-15-24)30(26-18-10-4-11-19-26)31(33)27-20-12-5-13-21-27/h2-21,23,28-31H,22H2,1H3/t28-,29-,30+,31+/m0/s1. The smallest absolute Gasteiger partial charge is 0.0604 e. The van der Waals surface area contributed by atoms with Gasteiger partial charge in [-0.3, -0.25) is 9.89 Å². The highest BCUT2D eigenvalue weighted by atomic mass is 15.2. The number of rotatable bonds is 5. The van der Waals surface area contributed by atoms with Gasteiger partial charge in [-0.15, -0.1) is 0 Å². The summed E-state index contributed by atoms with van der Waals surface area (Å²) in [5.41, 5.74) is 5.19. The third kappa shape index (κ3) is 4.67. The summed E-state index contributed by atoms with van der Waals surface area (Å²) in [4.78, 5) is 7.81. The Morgan fingerprint density at radius 3 is 1.70 bits per heavy atom. The molecule has 0 spiro atoms. The SMILES string of the molecule is CN1[C@H](c2ccccc2)[C@H](c2ccccc2)[C@@H](N=Cc2ccccc2)C[C@H]1c1ccccc1. The van der Waals surface area contributed by atoms with Crippen LogP contribution in [-0.4, -0.2) is 24.2 Å². The molecule has 164 valence electrons. The van der Waals surface area contributed by atoms with E-state index in [1.807, 2.05) is 0 Å². The van der Waals surface area contributed by atoms with Crippen molar-refractivity contribution in [2.75, 3.05) is 7.05 Å². The molecule has 33 heavy (non-hydrogen) atoms. The number of aliphatic imine (C=N–C) groups is 1. The monoisotopic (exact) mass is 430 g/mol. The Kier molecular flexibility index (Phi) is 6.46. The van der Waals surface area contributed by atoms with Crippen molar-refractivity contribution in [1.29, 1.82) is 0 Å². The van der Waals surface area contributed by atoms with Gasteiger partial charge in [0.2, 0.25) is 0 Å². The minimum Gasteiger partial charge on any atom is -0.292 e. The van der Waals surface area contributed by atoms with Gasteiger partial charge in [0.05, 0.1) is 6.04 Å². The van der Waals surface area contributed by atoms with E-state index in [0.717, 1.165) is 12.0 Å². The predicted molar refractivity (Wildman–Crippen MR) is 138 cm³/mol. The molecule has 2 heteroatoms. The van der Waals surface area contributed by atoms with Gasteiger partial charge in [0, 0.05) is 24.2 Å². The van der Waals surface area contributed by atoms with Crippen LogP contribution < -0.4 is 0 Å². The molecular formula is C31H30N2. The molecule has 0 bridgehead atoms. The average molecular weight is 431 g/mol. The maximum absolute atomic E-state index is 5.25. The van der Waals surface area contributed by atoms with E-state index >= 15 is 0 Å². The van der Waals surface area contributed by atoms with Crippen LogP contribution in [0, 0.1) is 0 Å². The molecule has 1 aliphatic heterocycles. The van der Waals surface area contributed by atoms with Crippen LogP contribution in [-0.2, 0) is 0 Å². The van der Waals surface area contributed by atoms with Crippen LogP contribution in [0.3, 0.4) is 0 Å². The predicted octanol–water partition coefficient (Wildman–Crippen LogP) is 7.08. The lowest BCUT2D eigenvalue weighted by Crippen LogP contribution is -2.44. The first-order valence-corrected chi connectivity index (χ1v) is 11.8. The quantitative estimate of drug-likeness (QED) is 0.309. The highest BCUT2D eigenvalue weighted by molar-refractivity contribution is 5.79. The summed E-state index contributed by atoms with van der Waals surface area (Å²) in [5, 5.41) is 0. The fourth-order valence-corrected chi connectivity index (χ4v) is 5.29. The van der Waals surface area contributed by atoms with Crippen molar-refractivity contribution in [3.8, 4) is 0 Å². The molecule has 0 saturated carbocycles. The maximum atomic E-state index is 5.25. The van der Waals surface area contributed by atoms with Crippen molar-refractivity contribution in [2.45, 2.75) is 30.5 Å². The first kappa shape index (κ1) is 21.4. The van der Waals surface area contributed by atoms with Gasteiger partial charge in [0.25, 0.3) is 0 Å². The number of benzene rings is 4. The van der Waals surface area contributed by atoms with E-state index in [0.29, 0.717) is 6.04 Å². The minimum absolute atomic E-state index is 0.166. The summed E-state index contributed by atoms with van der Waals surface area (Å²) in [6.07, 6.45) is 3.04. The number of hydrogen-bond acceptors (Lipinski definition) is 2. The maximum Gasteiger partial charge on any atom is 0.0604 e. The van der Waals surface area contributed by atoms with Crippen LogP contribution in [0.2, 0.25) is 0 Å². The summed E-state index contributed by atoms with van der Waals surface area (Å²) in [7, 11) is 2.28. The van der Waals surface area contributed by atoms with E-state index in [9.17, 15) is 0 Å². The Morgan fingerprint density at radius 1 is 0.636 bits per heavy atom. The van der Waals surface area contributed by atoms with E-state index in [-0.39, 0.29) is 18.0 Å². The first-order valence-electron chi connectivity index (χ1n) is 11.8. The zero-order chi connectivity index (χ0) is 22.5. The zero-order valence-electron chi connectivity index (χ0n) is 19.0. The summed E-state index contributed by atoms with van der Waals surface area (Å²) in [6.45, 7) is 0. The van der Waals surface area contributed by atoms with Crippen LogP contribution >= 0.6 is 0 Å². The van der Waals surface area contributed by atoms with E-state index in [1.54, 1.807) is 0 Å². The number of nitrogens with zero attached hydrogens (tertiary/aromatic N) is 2. The molecule has 0 N–H and O–H groups in total. The van der Waals surface area contributed by atoms with Crippen molar-refractivity contribution in [3.63, 3.8) is 0 Å². The summed E-state index contributed by atoms with van der Waals surface area (Å²) in [6, 6.07) is 43.9. The number of piperidine rings is 1. The van der Waals surface area contributed by atoms with Crippen molar-refractivity contribution >= 4 is 6.21 Å². The van der Waals surface area contributed by atoms with E-state index in [1.165, 1.54) is 16.7 Å². The van der Waals surface area contributed by atoms with Crippen molar-refractivity contribution in [2.24, 2.45) is 4.99 Å². The lowest BCUT2D eigenvalue weighted by atomic mass is 9.74. The fraction of sp³-hybridized carbons (Fsp3) is 0.194. The molecule has 1 saturated heterocycles. The van der Waals surface area contributed by atoms with Crippen LogP contribution in [0.25, 0.3) is 0 Å². The minimum atomic E-state index is 0.166. The third-order valence-electron chi connectivity index (χ3n) is 6.87. The second kappa shape index (κ2) is 9.97. The molecule has 4 atom stereocenters. The van der Waals surface area contributed by atoms with Gasteiger partial charge in [-0.05, 0) is 35.7 Å². The Morgan fingerprint density at radius 2 is 1.12 bits per heavy atom. The lowest BCUT2D eigenvalue weighted by molar-refractivity contribution is 0.0808. The molecule has 0 radical (unpaired) electrons. The largest absolute Gasteiger partial charge is 0.292 e. The molecule has 0 aliphatic carbocycles. The molecule has 0 unspecified atom stereocenters. The van der Waals surface area contributed by atoms with Crippen molar-refractivity contribution < 1.29 is 0 Å². The Balaban J connectivity index is 1.62. The van der Waals surface area contributed by atoms with Gasteiger partial charge in [-0.25, -0.2) is 0 Å². The molecule has 5 rings (SSSR count). The van der Waals surface area contributed by atoms with E-state index in [4.69, 9.17) is 4.99 Å². The molecule has 0 aromatic heterocycles. The number of hydrogen-bond donors (Lipinski definition) is 0. The molecule has 1 aliphatic rings. The summed E-state index contributed by atoms with van der Waals surface area (Å²) in [5.74, 6) is 0.263. The van der Waals surface area contributed by atoms with Crippen LogP contribution in [0.4, 0.5) is 0 Å². The van der Waals surface area contributed by atoms with Crippen LogP contribution in [0.15, 0.2) is 126 Å². The first-order chi connectivity index (χ1) is 16.3. The van der Waals surface area contributed by atoms with Gasteiger partial charge >= 0.3 is 0 Å². The Bertz CT molecular complexity index is 1160. The molecule has 0 amide bonds. The Hall–Kier alpha value is -3.49. The second-order valence-electron chi connectivity index (χ2n) is 8.88. The van der Waals surface area contributed by atoms with Gasteiger partial charge < -0.3 is 0 Å². The van der Waals surface area contributed by atoms with E-state index < -0.39 is 0 Å². The molecule has 4 aromatic carbocycles. The Labute approximate surface area is 197 Å². The molecular weight excluding hydrogens is 400 g/mol. The van der Waals surface area contributed by atoms with Crippen molar-refractivity contribution in [1.82, 2.24) is 4.90 Å². The highest BCUT2D eigenvalue weighted by Gasteiger charge is 2.43. The molecule has 1 fully saturated rings. The van der Waals surface area contributed by atoms with Gasteiger partial charge in [-0.2, -0.15) is 0 Å². The average Bonchev–Trinajstić information content (AvgIpc) is 2.89. The summed E-state index contributed by atoms with van der Waals surface area (Å²) >= 11 is 0.